The molecule has 4 rings (SSSR count). The van der Waals surface area contributed by atoms with Crippen LogP contribution in [0.15, 0.2) is 78.9 Å². The summed E-state index contributed by atoms with van der Waals surface area (Å²) in [6, 6.07) is 23.3. The molecule has 0 aliphatic rings. The van der Waals surface area contributed by atoms with Crippen molar-refractivity contribution < 1.29 is 14.3 Å². The summed E-state index contributed by atoms with van der Waals surface area (Å²) in [5.41, 5.74) is 3.51. The number of para-hydroxylation sites is 1. The van der Waals surface area contributed by atoms with Crippen LogP contribution < -0.4 is 20.7 Å². The Labute approximate surface area is 213 Å². The topological polar surface area (TPSA) is 105 Å². The van der Waals surface area contributed by atoms with E-state index >= 15 is 0 Å². The van der Waals surface area contributed by atoms with E-state index in [1.54, 1.807) is 7.11 Å². The molecule has 0 bridgehead atoms. The molecule has 1 unspecified atom stereocenters. The summed E-state index contributed by atoms with van der Waals surface area (Å²) >= 11 is 1.25. The second-order valence-corrected chi connectivity index (χ2v) is 8.96. The lowest BCUT2D eigenvalue weighted by molar-refractivity contribution is -0.117. The first kappa shape index (κ1) is 24.9. The van der Waals surface area contributed by atoms with Crippen molar-refractivity contribution in [2.45, 2.75) is 25.8 Å². The number of aryl methyl sites for hydroxylation is 1. The van der Waals surface area contributed by atoms with E-state index in [-0.39, 0.29) is 5.91 Å². The predicted octanol–water partition coefficient (Wildman–Crippen LogP) is 5.15. The quantitative estimate of drug-likeness (QED) is 0.294. The molecule has 0 aliphatic carbocycles. The molecule has 1 atom stereocenters. The second kappa shape index (κ2) is 11.9. The molecule has 1 aromatic heterocycles. The minimum atomic E-state index is -0.825. The Morgan fingerprint density at radius 3 is 2.36 bits per heavy atom. The third kappa shape index (κ3) is 6.45. The monoisotopic (exact) mass is 501 g/mol. The van der Waals surface area contributed by atoms with E-state index in [0.29, 0.717) is 22.2 Å². The minimum absolute atomic E-state index is 0.319. The van der Waals surface area contributed by atoms with E-state index in [4.69, 9.17) is 4.74 Å². The van der Waals surface area contributed by atoms with Crippen LogP contribution in [0, 0.1) is 0 Å². The minimum Gasteiger partial charge on any atom is -0.497 e. The van der Waals surface area contributed by atoms with Gasteiger partial charge in [0.25, 0.3) is 0 Å². The van der Waals surface area contributed by atoms with Gasteiger partial charge in [-0.3, -0.25) is 10.1 Å². The number of carbonyl (C=O) groups excluding carboxylic acids is 2. The largest absolute Gasteiger partial charge is 0.497 e. The summed E-state index contributed by atoms with van der Waals surface area (Å²) in [5.74, 6) is 0.363. The Kier molecular flexibility index (Phi) is 8.25. The Morgan fingerprint density at radius 1 is 0.917 bits per heavy atom. The summed E-state index contributed by atoms with van der Waals surface area (Å²) in [6.45, 7) is 2.02. The van der Waals surface area contributed by atoms with Crippen LogP contribution in [0.25, 0.3) is 10.6 Å². The average molecular weight is 502 g/mol. The van der Waals surface area contributed by atoms with Gasteiger partial charge >= 0.3 is 6.03 Å². The maximum atomic E-state index is 13.2. The number of urea groups is 1. The molecule has 0 fully saturated rings. The molecule has 4 aromatic rings. The molecule has 1 heterocycles. The number of nitrogens with zero attached hydrogens (tertiary/aromatic N) is 2. The Balaban J connectivity index is 1.47. The summed E-state index contributed by atoms with van der Waals surface area (Å²) in [5, 5.41) is 17.8. The Hall–Kier alpha value is -4.24. The second-order valence-electron chi connectivity index (χ2n) is 7.98. The maximum absolute atomic E-state index is 13.2. The van der Waals surface area contributed by atoms with E-state index in [1.807, 2.05) is 85.8 Å². The zero-order valence-corrected chi connectivity index (χ0v) is 20.8. The number of amides is 3. The van der Waals surface area contributed by atoms with Crippen LogP contribution in [0.1, 0.15) is 18.1 Å². The van der Waals surface area contributed by atoms with Gasteiger partial charge in [-0.1, -0.05) is 66.8 Å². The van der Waals surface area contributed by atoms with Crippen LogP contribution in [0.3, 0.4) is 0 Å². The molecular weight excluding hydrogens is 474 g/mol. The zero-order chi connectivity index (χ0) is 25.3. The fraction of sp³-hybridized carbons (Fsp3) is 0.185. The van der Waals surface area contributed by atoms with Crippen molar-refractivity contribution in [3.8, 4) is 16.3 Å². The molecule has 9 heteroatoms. The van der Waals surface area contributed by atoms with E-state index in [9.17, 15) is 9.59 Å². The molecule has 0 saturated heterocycles. The number of methoxy groups -OCH3 is 1. The predicted molar refractivity (Wildman–Crippen MR) is 142 cm³/mol. The molecule has 0 radical (unpaired) electrons. The van der Waals surface area contributed by atoms with Crippen molar-refractivity contribution in [1.82, 2.24) is 15.5 Å². The third-order valence-corrected chi connectivity index (χ3v) is 6.43. The van der Waals surface area contributed by atoms with Gasteiger partial charge in [-0.25, -0.2) is 4.79 Å². The van der Waals surface area contributed by atoms with E-state index in [1.165, 1.54) is 11.3 Å². The van der Waals surface area contributed by atoms with Gasteiger partial charge in [0.2, 0.25) is 11.0 Å². The first-order chi connectivity index (χ1) is 17.6. The summed E-state index contributed by atoms with van der Waals surface area (Å²) in [6.07, 6.45) is 1.09. The number of benzene rings is 3. The number of hydrogen-bond acceptors (Lipinski definition) is 6. The molecule has 0 aliphatic heterocycles. The van der Waals surface area contributed by atoms with Crippen molar-refractivity contribution in [2.24, 2.45) is 0 Å². The molecular formula is C27H27N5O3S. The average Bonchev–Trinajstić information content (AvgIpc) is 3.37. The van der Waals surface area contributed by atoms with Gasteiger partial charge in [-0.05, 0) is 47.9 Å². The van der Waals surface area contributed by atoms with E-state index < -0.39 is 12.1 Å². The highest BCUT2D eigenvalue weighted by atomic mass is 32.1. The van der Waals surface area contributed by atoms with Crippen LogP contribution in [-0.2, 0) is 17.6 Å². The number of aromatic nitrogens is 2. The van der Waals surface area contributed by atoms with Gasteiger partial charge < -0.3 is 15.4 Å². The van der Waals surface area contributed by atoms with Crippen molar-refractivity contribution in [3.63, 3.8) is 0 Å². The van der Waals surface area contributed by atoms with Crippen LogP contribution >= 0.6 is 11.3 Å². The highest BCUT2D eigenvalue weighted by molar-refractivity contribution is 7.18. The molecule has 3 aromatic carbocycles. The van der Waals surface area contributed by atoms with Crippen molar-refractivity contribution >= 4 is 34.1 Å². The highest BCUT2D eigenvalue weighted by Crippen LogP contribution is 2.28. The molecule has 3 amide bonds. The lowest BCUT2D eigenvalue weighted by Gasteiger charge is -2.19. The number of nitrogens with one attached hydrogen (secondary N) is 3. The number of hydrogen-bond donors (Lipinski definition) is 3. The first-order valence-corrected chi connectivity index (χ1v) is 12.4. The number of carbonyl (C=O) groups is 2. The van der Waals surface area contributed by atoms with Crippen LogP contribution in [0.5, 0.6) is 5.75 Å². The number of rotatable bonds is 9. The molecule has 36 heavy (non-hydrogen) atoms. The maximum Gasteiger partial charge on any atom is 0.319 e. The van der Waals surface area contributed by atoms with Gasteiger partial charge in [0.15, 0.2) is 0 Å². The van der Waals surface area contributed by atoms with E-state index in [0.717, 1.165) is 28.9 Å². The summed E-state index contributed by atoms with van der Waals surface area (Å²) in [7, 11) is 1.61. The van der Waals surface area contributed by atoms with Crippen LogP contribution in [-0.4, -0.2) is 35.3 Å². The fourth-order valence-electron chi connectivity index (χ4n) is 3.64. The van der Waals surface area contributed by atoms with Crippen LogP contribution in [0.2, 0.25) is 0 Å². The highest BCUT2D eigenvalue weighted by Gasteiger charge is 2.23. The normalized spacial score (nSPS) is 11.4. The molecule has 0 saturated carbocycles. The van der Waals surface area contributed by atoms with Crippen molar-refractivity contribution in [2.75, 3.05) is 17.7 Å². The van der Waals surface area contributed by atoms with Gasteiger partial charge in [0, 0.05) is 17.7 Å². The number of ether oxygens (including phenoxy) is 1. The number of anilines is 2. The fourth-order valence-corrected chi connectivity index (χ4v) is 4.39. The zero-order valence-electron chi connectivity index (χ0n) is 20.0. The van der Waals surface area contributed by atoms with Crippen LogP contribution in [0.4, 0.5) is 15.6 Å². The Bertz CT molecular complexity index is 1310. The molecule has 0 spiro atoms. The lowest BCUT2D eigenvalue weighted by atomic mass is 10.1. The van der Waals surface area contributed by atoms with Gasteiger partial charge in [0.1, 0.15) is 16.8 Å². The first-order valence-electron chi connectivity index (χ1n) is 11.5. The van der Waals surface area contributed by atoms with Gasteiger partial charge in [-0.2, -0.15) is 0 Å². The van der Waals surface area contributed by atoms with Gasteiger partial charge in [-0.15, -0.1) is 10.2 Å². The Morgan fingerprint density at radius 2 is 1.64 bits per heavy atom. The smallest absolute Gasteiger partial charge is 0.319 e. The SMILES string of the molecule is CCc1ccccc1NC(=O)NC(Cc1ccccc1)C(=O)Nc1nnc(-c2ccc(OC)cc2)s1. The summed E-state index contributed by atoms with van der Waals surface area (Å²) in [4.78, 5) is 26.1. The summed E-state index contributed by atoms with van der Waals surface area (Å²) < 4.78 is 5.19. The standard InChI is InChI=1S/C27H27N5O3S/c1-3-19-11-7-8-12-22(19)28-26(34)29-23(17-18-9-5-4-6-10-18)24(33)30-27-32-31-25(36-27)20-13-15-21(35-2)16-14-20/h4-16,23H,3,17H2,1-2H3,(H2,28,29,34)(H,30,32,33). The van der Waals surface area contributed by atoms with Crippen molar-refractivity contribution in [1.29, 1.82) is 0 Å². The molecule has 8 nitrogen and oxygen atoms in total. The van der Waals surface area contributed by atoms with Crippen molar-refractivity contribution in [3.05, 3.63) is 90.0 Å². The third-order valence-electron chi connectivity index (χ3n) is 5.54. The van der Waals surface area contributed by atoms with E-state index in [2.05, 4.69) is 26.1 Å². The molecule has 184 valence electrons. The lowest BCUT2D eigenvalue weighted by Crippen LogP contribution is -2.47. The molecule has 3 N–H and O–H groups in total. The van der Waals surface area contributed by atoms with Gasteiger partial charge in [0.05, 0.1) is 7.11 Å².